The summed E-state index contributed by atoms with van der Waals surface area (Å²) in [5.74, 6) is -1.07. The summed E-state index contributed by atoms with van der Waals surface area (Å²) in [6.07, 6.45) is 4.93. The largest absolute Gasteiger partial charge is 0.275 e. The molecule has 24 heavy (non-hydrogen) atoms. The summed E-state index contributed by atoms with van der Waals surface area (Å²) >= 11 is 0. The Hall–Kier alpha value is -2.24. The third-order valence-electron chi connectivity index (χ3n) is 4.18. The van der Waals surface area contributed by atoms with Gasteiger partial charge in [0.05, 0.1) is 29.6 Å². The molecule has 1 aliphatic rings. The number of nitrogens with zero attached hydrogens (tertiary/aromatic N) is 4. The first-order valence-electron chi connectivity index (χ1n) is 7.57. The molecule has 0 aliphatic carbocycles. The molecule has 6 nitrogen and oxygen atoms in total. The normalized spacial score (nSPS) is 18.6. The predicted octanol–water partition coefficient (Wildman–Crippen LogP) is 2.10. The van der Waals surface area contributed by atoms with Crippen LogP contribution >= 0.6 is 0 Å². The molecular weight excluding hydrogens is 331 g/mol. The van der Waals surface area contributed by atoms with Gasteiger partial charge in [0.25, 0.3) is 0 Å². The molecule has 1 aromatic carbocycles. The summed E-state index contributed by atoms with van der Waals surface area (Å²) < 4.78 is 42.6. The predicted molar refractivity (Wildman–Crippen MR) is 85.6 cm³/mol. The van der Waals surface area contributed by atoms with Crippen LogP contribution in [0.3, 0.4) is 0 Å². The number of hydrogen-bond donors (Lipinski definition) is 0. The molecule has 0 amide bonds. The summed E-state index contributed by atoms with van der Waals surface area (Å²) in [6, 6.07) is 5.39. The van der Waals surface area contributed by atoms with Gasteiger partial charge in [-0.1, -0.05) is 0 Å². The van der Waals surface area contributed by atoms with Crippen molar-refractivity contribution in [3.8, 4) is 6.07 Å². The standard InChI is InChI=1S/C16H17FN4O2S/c1-20-10-14(9-19-20)16-3-2-6-21(16)24(22,23)11-13-7-12(8-18)4-5-15(13)17/h4-5,7,9-10,16H,2-3,6,11H2,1H3/t16-/m0/s1. The van der Waals surface area contributed by atoms with Gasteiger partial charge in [0, 0.05) is 30.9 Å². The highest BCUT2D eigenvalue weighted by molar-refractivity contribution is 7.88. The minimum absolute atomic E-state index is 0.0193. The molecular formula is C16H17FN4O2S. The molecule has 1 fully saturated rings. The van der Waals surface area contributed by atoms with Crippen LogP contribution < -0.4 is 0 Å². The number of aryl methyl sites for hydroxylation is 1. The average molecular weight is 348 g/mol. The fourth-order valence-corrected chi connectivity index (χ4v) is 4.85. The van der Waals surface area contributed by atoms with Crippen LogP contribution in [0.5, 0.6) is 0 Å². The van der Waals surface area contributed by atoms with Gasteiger partial charge in [-0.05, 0) is 31.0 Å². The summed E-state index contributed by atoms with van der Waals surface area (Å²) in [5, 5.41) is 13.0. The van der Waals surface area contributed by atoms with Crippen molar-refractivity contribution in [1.29, 1.82) is 5.26 Å². The summed E-state index contributed by atoms with van der Waals surface area (Å²) in [6.45, 7) is 0.404. The Kier molecular flexibility index (Phi) is 4.39. The van der Waals surface area contributed by atoms with Gasteiger partial charge in [0.1, 0.15) is 5.82 Å². The third kappa shape index (κ3) is 3.18. The van der Waals surface area contributed by atoms with E-state index >= 15 is 0 Å². The topological polar surface area (TPSA) is 79.0 Å². The summed E-state index contributed by atoms with van der Waals surface area (Å²) in [7, 11) is -1.92. The number of rotatable bonds is 4. The molecule has 1 aliphatic heterocycles. The Morgan fingerprint density at radius 3 is 2.92 bits per heavy atom. The molecule has 0 saturated carbocycles. The van der Waals surface area contributed by atoms with E-state index in [1.165, 1.54) is 16.4 Å². The fourth-order valence-electron chi connectivity index (χ4n) is 3.05. The number of benzene rings is 1. The monoisotopic (exact) mass is 348 g/mol. The number of hydrogen-bond acceptors (Lipinski definition) is 4. The van der Waals surface area contributed by atoms with Crippen molar-refractivity contribution >= 4 is 10.0 Å². The van der Waals surface area contributed by atoms with Crippen molar-refractivity contribution in [2.75, 3.05) is 6.54 Å². The first-order chi connectivity index (χ1) is 11.4. The fraction of sp³-hybridized carbons (Fsp3) is 0.375. The Labute approximate surface area is 140 Å². The molecule has 0 bridgehead atoms. The van der Waals surface area contributed by atoms with E-state index in [1.54, 1.807) is 24.1 Å². The zero-order chi connectivity index (χ0) is 17.3. The minimum atomic E-state index is -3.70. The molecule has 126 valence electrons. The molecule has 0 N–H and O–H groups in total. The van der Waals surface area contributed by atoms with Gasteiger partial charge >= 0.3 is 0 Å². The Morgan fingerprint density at radius 2 is 2.25 bits per heavy atom. The van der Waals surface area contributed by atoms with Crippen LogP contribution in [0.1, 0.15) is 35.6 Å². The second-order valence-electron chi connectivity index (χ2n) is 5.89. The number of aromatic nitrogens is 2. The van der Waals surface area contributed by atoms with Crippen LogP contribution in [0.4, 0.5) is 4.39 Å². The summed E-state index contributed by atoms with van der Waals surface area (Å²) in [5.41, 5.74) is 1.10. The number of sulfonamides is 1. The quantitative estimate of drug-likeness (QED) is 0.847. The van der Waals surface area contributed by atoms with E-state index in [0.717, 1.165) is 18.1 Å². The molecule has 2 aromatic rings. The van der Waals surface area contributed by atoms with Gasteiger partial charge < -0.3 is 0 Å². The lowest BCUT2D eigenvalue weighted by atomic mass is 10.1. The maximum Gasteiger partial charge on any atom is 0.218 e. The van der Waals surface area contributed by atoms with Crippen molar-refractivity contribution in [1.82, 2.24) is 14.1 Å². The first kappa shape index (κ1) is 16.6. The number of halogens is 1. The Morgan fingerprint density at radius 1 is 1.46 bits per heavy atom. The second-order valence-corrected chi connectivity index (χ2v) is 7.81. The maximum absolute atomic E-state index is 13.9. The van der Waals surface area contributed by atoms with Crippen LogP contribution in [0.25, 0.3) is 0 Å². The minimum Gasteiger partial charge on any atom is -0.275 e. The SMILES string of the molecule is Cn1cc([C@@H]2CCCN2S(=O)(=O)Cc2cc(C#N)ccc2F)cn1. The molecule has 0 radical (unpaired) electrons. The van der Waals surface area contributed by atoms with E-state index in [9.17, 15) is 12.8 Å². The van der Waals surface area contributed by atoms with Gasteiger partial charge in [-0.15, -0.1) is 0 Å². The smallest absolute Gasteiger partial charge is 0.218 e. The van der Waals surface area contributed by atoms with Gasteiger partial charge in [-0.3, -0.25) is 4.68 Å². The zero-order valence-corrected chi connectivity index (χ0v) is 14.0. The average Bonchev–Trinajstić information content (AvgIpc) is 3.18. The van der Waals surface area contributed by atoms with Crippen LogP contribution in [0.15, 0.2) is 30.6 Å². The van der Waals surface area contributed by atoms with E-state index < -0.39 is 21.6 Å². The lowest BCUT2D eigenvalue weighted by molar-refractivity contribution is 0.395. The zero-order valence-electron chi connectivity index (χ0n) is 13.2. The van der Waals surface area contributed by atoms with Crippen molar-refractivity contribution in [2.24, 2.45) is 7.05 Å². The van der Waals surface area contributed by atoms with Gasteiger partial charge in [-0.2, -0.15) is 14.7 Å². The highest BCUT2D eigenvalue weighted by Gasteiger charge is 2.36. The van der Waals surface area contributed by atoms with E-state index in [-0.39, 0.29) is 17.2 Å². The second kappa shape index (κ2) is 6.34. The van der Waals surface area contributed by atoms with Crippen molar-refractivity contribution in [2.45, 2.75) is 24.6 Å². The van der Waals surface area contributed by atoms with E-state index in [0.29, 0.717) is 13.0 Å². The van der Waals surface area contributed by atoms with Crippen LogP contribution in [-0.4, -0.2) is 29.0 Å². The highest BCUT2D eigenvalue weighted by atomic mass is 32.2. The highest BCUT2D eigenvalue weighted by Crippen LogP contribution is 2.35. The molecule has 3 rings (SSSR count). The van der Waals surface area contributed by atoms with Crippen LogP contribution in [-0.2, 0) is 22.8 Å². The molecule has 0 spiro atoms. The van der Waals surface area contributed by atoms with E-state index in [4.69, 9.17) is 5.26 Å². The first-order valence-corrected chi connectivity index (χ1v) is 9.18. The number of nitriles is 1. The van der Waals surface area contributed by atoms with E-state index in [1.807, 2.05) is 6.07 Å². The maximum atomic E-state index is 13.9. The molecule has 1 atom stereocenters. The van der Waals surface area contributed by atoms with Gasteiger partial charge in [0.15, 0.2) is 0 Å². The molecule has 0 unspecified atom stereocenters. The lowest BCUT2D eigenvalue weighted by Gasteiger charge is -2.23. The summed E-state index contributed by atoms with van der Waals surface area (Å²) in [4.78, 5) is 0. The van der Waals surface area contributed by atoms with Crippen molar-refractivity contribution in [3.63, 3.8) is 0 Å². The molecule has 2 heterocycles. The third-order valence-corrected chi connectivity index (χ3v) is 6.01. The Balaban J connectivity index is 1.89. The van der Waals surface area contributed by atoms with E-state index in [2.05, 4.69) is 5.10 Å². The van der Waals surface area contributed by atoms with Gasteiger partial charge in [0.2, 0.25) is 10.0 Å². The lowest BCUT2D eigenvalue weighted by Crippen LogP contribution is -2.31. The molecule has 8 heteroatoms. The molecule has 1 saturated heterocycles. The van der Waals surface area contributed by atoms with Crippen LogP contribution in [0.2, 0.25) is 0 Å². The Bertz CT molecular complexity index is 901. The van der Waals surface area contributed by atoms with Crippen LogP contribution in [0, 0.1) is 17.1 Å². The van der Waals surface area contributed by atoms with Gasteiger partial charge in [-0.25, -0.2) is 12.8 Å². The van der Waals surface area contributed by atoms with Crippen molar-refractivity contribution in [3.05, 3.63) is 53.1 Å². The van der Waals surface area contributed by atoms with Crippen molar-refractivity contribution < 1.29 is 12.8 Å². The molecule has 1 aromatic heterocycles.